The smallest absolute Gasteiger partial charge is 0.319 e. The largest absolute Gasteiger partial charge is 0.338 e. The van der Waals surface area contributed by atoms with E-state index >= 15 is 0 Å². The van der Waals surface area contributed by atoms with Gasteiger partial charge in [0.15, 0.2) is 0 Å². The second kappa shape index (κ2) is 10.3. The molecule has 1 aliphatic rings. The molecule has 1 saturated heterocycles. The van der Waals surface area contributed by atoms with Crippen LogP contribution in [-0.4, -0.2) is 54.0 Å². The zero-order valence-corrected chi connectivity index (χ0v) is 18.1. The van der Waals surface area contributed by atoms with Crippen molar-refractivity contribution in [2.45, 2.75) is 39.3 Å². The predicted molar refractivity (Wildman–Crippen MR) is 120 cm³/mol. The molecule has 2 aromatic rings. The first kappa shape index (κ1) is 21.8. The summed E-state index contributed by atoms with van der Waals surface area (Å²) in [7, 11) is 0. The molecule has 0 aliphatic carbocycles. The van der Waals surface area contributed by atoms with Crippen LogP contribution in [0.2, 0.25) is 0 Å². The Morgan fingerprint density at radius 1 is 0.900 bits per heavy atom. The molecule has 0 radical (unpaired) electrons. The van der Waals surface area contributed by atoms with E-state index < -0.39 is 6.04 Å². The average Bonchev–Trinajstić information content (AvgIpc) is 2.74. The van der Waals surface area contributed by atoms with Gasteiger partial charge in [-0.05, 0) is 36.1 Å². The summed E-state index contributed by atoms with van der Waals surface area (Å²) >= 11 is 0. The molecular weight excluding hydrogens is 376 g/mol. The van der Waals surface area contributed by atoms with Crippen molar-refractivity contribution in [1.82, 2.24) is 15.1 Å². The van der Waals surface area contributed by atoms with Gasteiger partial charge in [-0.25, -0.2) is 4.79 Å². The number of hydrogen-bond donors (Lipinski definition) is 2. The topological polar surface area (TPSA) is 64.7 Å². The fourth-order valence-corrected chi connectivity index (χ4v) is 3.61. The van der Waals surface area contributed by atoms with E-state index in [0.717, 1.165) is 19.6 Å². The maximum atomic E-state index is 12.7. The first-order chi connectivity index (χ1) is 14.4. The van der Waals surface area contributed by atoms with Gasteiger partial charge >= 0.3 is 6.03 Å². The summed E-state index contributed by atoms with van der Waals surface area (Å²) in [6.45, 7) is 10.0. The van der Waals surface area contributed by atoms with Crippen molar-refractivity contribution in [3.05, 3.63) is 65.7 Å². The summed E-state index contributed by atoms with van der Waals surface area (Å²) in [5.74, 6) is 0.498. The van der Waals surface area contributed by atoms with E-state index in [1.165, 1.54) is 11.1 Å². The lowest BCUT2D eigenvalue weighted by Gasteiger charge is -2.36. The number of hydrogen-bond acceptors (Lipinski definition) is 3. The highest BCUT2D eigenvalue weighted by atomic mass is 16.2. The molecule has 1 aliphatic heterocycles. The molecule has 0 aromatic heterocycles. The number of rotatable bonds is 6. The second-order valence-electron chi connectivity index (χ2n) is 8.18. The molecule has 1 heterocycles. The third kappa shape index (κ3) is 6.07. The van der Waals surface area contributed by atoms with Crippen molar-refractivity contribution in [2.75, 3.05) is 31.5 Å². The van der Waals surface area contributed by atoms with Crippen LogP contribution in [0.15, 0.2) is 54.6 Å². The minimum absolute atomic E-state index is 0.0425. The number of amides is 3. The minimum atomic E-state index is -0.566. The molecule has 30 heavy (non-hydrogen) atoms. The van der Waals surface area contributed by atoms with Crippen LogP contribution < -0.4 is 10.6 Å². The van der Waals surface area contributed by atoms with Crippen LogP contribution in [0.25, 0.3) is 0 Å². The zero-order chi connectivity index (χ0) is 21.5. The van der Waals surface area contributed by atoms with Gasteiger partial charge < -0.3 is 15.5 Å². The highest BCUT2D eigenvalue weighted by Gasteiger charge is 2.25. The molecule has 1 fully saturated rings. The van der Waals surface area contributed by atoms with Crippen molar-refractivity contribution < 1.29 is 9.59 Å². The van der Waals surface area contributed by atoms with Gasteiger partial charge in [0.2, 0.25) is 5.91 Å². The lowest BCUT2D eigenvalue weighted by Crippen LogP contribution is -2.54. The van der Waals surface area contributed by atoms with Crippen LogP contribution >= 0.6 is 0 Å². The first-order valence-corrected chi connectivity index (χ1v) is 10.6. The van der Waals surface area contributed by atoms with Gasteiger partial charge in [-0.2, -0.15) is 0 Å². The number of anilines is 1. The van der Waals surface area contributed by atoms with E-state index in [0.29, 0.717) is 24.7 Å². The average molecular weight is 409 g/mol. The molecule has 0 bridgehead atoms. The van der Waals surface area contributed by atoms with Gasteiger partial charge in [-0.3, -0.25) is 9.69 Å². The Hall–Kier alpha value is -2.86. The maximum Gasteiger partial charge on any atom is 0.319 e. The van der Waals surface area contributed by atoms with Crippen LogP contribution in [0, 0.1) is 0 Å². The summed E-state index contributed by atoms with van der Waals surface area (Å²) in [4.78, 5) is 29.1. The van der Waals surface area contributed by atoms with Gasteiger partial charge in [0.25, 0.3) is 0 Å². The van der Waals surface area contributed by atoms with Crippen LogP contribution in [-0.2, 0) is 11.3 Å². The second-order valence-corrected chi connectivity index (χ2v) is 8.18. The lowest BCUT2D eigenvalue weighted by atomic mass is 10.0. The number of para-hydroxylation sites is 1. The molecule has 2 aromatic carbocycles. The van der Waals surface area contributed by atoms with E-state index in [9.17, 15) is 9.59 Å². The zero-order valence-electron chi connectivity index (χ0n) is 18.1. The number of benzene rings is 2. The number of nitrogens with zero attached hydrogens (tertiary/aromatic N) is 2. The number of carbonyl (C=O) groups is 2. The fourth-order valence-electron chi connectivity index (χ4n) is 3.61. The van der Waals surface area contributed by atoms with Gasteiger partial charge in [0.1, 0.15) is 6.04 Å². The highest BCUT2D eigenvalue weighted by Crippen LogP contribution is 2.16. The van der Waals surface area contributed by atoms with Crippen LogP contribution in [0.5, 0.6) is 0 Å². The SMILES string of the molecule is CC(NC(=O)Nc1ccccc1)C(=O)N1CCN(Cc2ccc(C(C)C)cc2)CC1. The van der Waals surface area contributed by atoms with Gasteiger partial charge in [-0.15, -0.1) is 0 Å². The number of carbonyl (C=O) groups excluding carboxylic acids is 2. The van der Waals surface area contributed by atoms with E-state index in [2.05, 4.69) is 53.6 Å². The number of urea groups is 1. The molecule has 0 spiro atoms. The molecule has 160 valence electrons. The fraction of sp³-hybridized carbons (Fsp3) is 0.417. The monoisotopic (exact) mass is 408 g/mol. The first-order valence-electron chi connectivity index (χ1n) is 10.6. The van der Waals surface area contributed by atoms with E-state index in [1.54, 1.807) is 6.92 Å². The normalized spacial score (nSPS) is 15.7. The van der Waals surface area contributed by atoms with Crippen molar-refractivity contribution in [1.29, 1.82) is 0 Å². The Morgan fingerprint density at radius 3 is 2.13 bits per heavy atom. The Kier molecular flexibility index (Phi) is 7.46. The van der Waals surface area contributed by atoms with E-state index in [1.807, 2.05) is 35.2 Å². The maximum absolute atomic E-state index is 12.7. The molecule has 1 unspecified atom stereocenters. The summed E-state index contributed by atoms with van der Waals surface area (Å²) in [5.41, 5.74) is 3.35. The standard InChI is InChI=1S/C24H32N4O2/c1-18(2)21-11-9-20(10-12-21)17-27-13-15-28(16-14-27)23(29)19(3)25-24(30)26-22-7-5-4-6-8-22/h4-12,18-19H,13-17H2,1-3H3,(H2,25,26,30). The van der Waals surface area contributed by atoms with Crippen LogP contribution in [0.3, 0.4) is 0 Å². The van der Waals surface area contributed by atoms with E-state index in [-0.39, 0.29) is 11.9 Å². The Labute approximate surface area is 179 Å². The Morgan fingerprint density at radius 2 is 1.53 bits per heavy atom. The van der Waals surface area contributed by atoms with Gasteiger partial charge in [-0.1, -0.05) is 56.3 Å². The van der Waals surface area contributed by atoms with Crippen molar-refractivity contribution in [2.24, 2.45) is 0 Å². The van der Waals surface area contributed by atoms with Crippen LogP contribution in [0.4, 0.5) is 10.5 Å². The highest BCUT2D eigenvalue weighted by molar-refractivity contribution is 5.93. The van der Waals surface area contributed by atoms with Crippen molar-refractivity contribution in [3.8, 4) is 0 Å². The molecule has 6 nitrogen and oxygen atoms in total. The summed E-state index contributed by atoms with van der Waals surface area (Å²) in [6, 6.07) is 17.1. The molecule has 2 N–H and O–H groups in total. The third-order valence-corrected chi connectivity index (χ3v) is 5.49. The minimum Gasteiger partial charge on any atom is -0.338 e. The molecule has 3 rings (SSSR count). The van der Waals surface area contributed by atoms with E-state index in [4.69, 9.17) is 0 Å². The lowest BCUT2D eigenvalue weighted by molar-refractivity contribution is -0.134. The quantitative estimate of drug-likeness (QED) is 0.767. The summed E-state index contributed by atoms with van der Waals surface area (Å²) < 4.78 is 0. The molecule has 3 amide bonds. The molecular formula is C24H32N4O2. The molecule has 0 saturated carbocycles. The molecule has 6 heteroatoms. The number of nitrogens with one attached hydrogen (secondary N) is 2. The van der Waals surface area contributed by atoms with Crippen LogP contribution in [0.1, 0.15) is 37.8 Å². The van der Waals surface area contributed by atoms with Crippen molar-refractivity contribution in [3.63, 3.8) is 0 Å². The van der Waals surface area contributed by atoms with Gasteiger partial charge in [0, 0.05) is 38.4 Å². The Balaban J connectivity index is 1.43. The summed E-state index contributed by atoms with van der Waals surface area (Å²) in [5, 5.41) is 5.48. The summed E-state index contributed by atoms with van der Waals surface area (Å²) in [6.07, 6.45) is 0. The molecule has 1 atom stereocenters. The Bertz CT molecular complexity index is 828. The third-order valence-electron chi connectivity index (χ3n) is 5.49. The van der Waals surface area contributed by atoms with Crippen molar-refractivity contribution >= 4 is 17.6 Å². The number of piperazine rings is 1. The van der Waals surface area contributed by atoms with Gasteiger partial charge in [0.05, 0.1) is 0 Å². The predicted octanol–water partition coefficient (Wildman–Crippen LogP) is 3.66.